The van der Waals surface area contributed by atoms with Gasteiger partial charge >= 0.3 is 0 Å². The molecule has 1 N–H and O–H groups in total. The minimum Gasteiger partial charge on any atom is -0.352 e. The number of nitrogens with one attached hydrogen (secondary N) is 1. The standard InChI is InChI=1S/C27H35N5S2/c1-5-22-29-24(23-20-12-11-18(27(2,3)4)17-21(20)34-25(23)30-22)31-13-15-32(16-14-31)26(33)28-19-9-7-6-8-10-19/h6-10,18H,5,11-17H2,1-4H3,(H,28,33)/t18-/m1/s1. The van der Waals surface area contributed by atoms with E-state index in [2.05, 4.69) is 54.9 Å². The van der Waals surface area contributed by atoms with E-state index in [9.17, 15) is 0 Å². The van der Waals surface area contributed by atoms with Crippen molar-refractivity contribution < 1.29 is 0 Å². The van der Waals surface area contributed by atoms with Crippen molar-refractivity contribution in [2.45, 2.75) is 53.4 Å². The highest BCUT2D eigenvalue weighted by Gasteiger charge is 2.33. The fraction of sp³-hybridized carbons (Fsp3) is 0.519. The molecule has 2 aliphatic rings. The first-order valence-electron chi connectivity index (χ1n) is 12.5. The highest BCUT2D eigenvalue weighted by Crippen LogP contribution is 2.45. The van der Waals surface area contributed by atoms with Gasteiger partial charge in [-0.15, -0.1) is 11.3 Å². The Bertz CT molecular complexity index is 1170. The van der Waals surface area contributed by atoms with Crippen LogP contribution in [0.15, 0.2) is 30.3 Å². The average molecular weight is 494 g/mol. The smallest absolute Gasteiger partial charge is 0.173 e. The lowest BCUT2D eigenvalue weighted by atomic mass is 9.72. The second kappa shape index (κ2) is 9.42. The van der Waals surface area contributed by atoms with Crippen molar-refractivity contribution in [1.82, 2.24) is 14.9 Å². The van der Waals surface area contributed by atoms with Gasteiger partial charge in [-0.25, -0.2) is 9.97 Å². The van der Waals surface area contributed by atoms with Crippen LogP contribution < -0.4 is 10.2 Å². The normalized spacial score (nSPS) is 18.8. The third-order valence-corrected chi connectivity index (χ3v) is 8.88. The van der Waals surface area contributed by atoms with Crippen molar-refractivity contribution in [3.05, 3.63) is 46.6 Å². The fourth-order valence-corrected chi connectivity index (χ4v) is 6.79. The molecule has 180 valence electrons. The van der Waals surface area contributed by atoms with Crippen molar-refractivity contribution in [2.24, 2.45) is 11.3 Å². The van der Waals surface area contributed by atoms with E-state index in [0.29, 0.717) is 5.41 Å². The molecule has 0 saturated carbocycles. The summed E-state index contributed by atoms with van der Waals surface area (Å²) in [5.41, 5.74) is 2.90. The molecule has 1 fully saturated rings. The molecule has 0 spiro atoms. The Morgan fingerprint density at radius 3 is 2.53 bits per heavy atom. The molecule has 7 heteroatoms. The summed E-state index contributed by atoms with van der Waals surface area (Å²) in [6.45, 7) is 12.9. The molecule has 0 bridgehead atoms. The zero-order valence-corrected chi connectivity index (χ0v) is 22.4. The zero-order chi connectivity index (χ0) is 23.9. The summed E-state index contributed by atoms with van der Waals surface area (Å²) in [6, 6.07) is 10.2. The molecular formula is C27H35N5S2. The van der Waals surface area contributed by atoms with Gasteiger partial charge in [0.05, 0.1) is 5.39 Å². The van der Waals surface area contributed by atoms with Crippen LogP contribution in [-0.4, -0.2) is 46.2 Å². The molecule has 1 saturated heterocycles. The van der Waals surface area contributed by atoms with E-state index in [0.717, 1.165) is 67.4 Å². The Morgan fingerprint density at radius 1 is 1.12 bits per heavy atom. The van der Waals surface area contributed by atoms with Crippen LogP contribution in [0, 0.1) is 11.3 Å². The van der Waals surface area contributed by atoms with Gasteiger partial charge in [-0.3, -0.25) is 0 Å². The predicted octanol–water partition coefficient (Wildman–Crippen LogP) is 5.92. The topological polar surface area (TPSA) is 44.3 Å². The zero-order valence-electron chi connectivity index (χ0n) is 20.7. The van der Waals surface area contributed by atoms with E-state index in [4.69, 9.17) is 22.2 Å². The van der Waals surface area contributed by atoms with Gasteiger partial charge in [-0.05, 0) is 60.5 Å². The van der Waals surface area contributed by atoms with Crippen LogP contribution in [0.2, 0.25) is 0 Å². The maximum Gasteiger partial charge on any atom is 0.173 e. The SMILES string of the molecule is CCc1nc(N2CCN(C(=S)Nc3ccccc3)CC2)c2c3c(sc2n1)C[C@H](C(C)(C)C)CC3. The van der Waals surface area contributed by atoms with Crippen LogP contribution in [0.4, 0.5) is 11.5 Å². The van der Waals surface area contributed by atoms with Gasteiger partial charge < -0.3 is 15.1 Å². The summed E-state index contributed by atoms with van der Waals surface area (Å²) in [5, 5.41) is 5.50. The number of hydrogen-bond donors (Lipinski definition) is 1. The minimum atomic E-state index is 0.347. The molecular weight excluding hydrogens is 458 g/mol. The molecule has 1 aliphatic carbocycles. The number of piperazine rings is 1. The molecule has 1 atom stereocenters. The highest BCUT2D eigenvalue weighted by molar-refractivity contribution is 7.80. The van der Waals surface area contributed by atoms with Crippen LogP contribution in [-0.2, 0) is 19.3 Å². The van der Waals surface area contributed by atoms with Gasteiger partial charge in [0.2, 0.25) is 0 Å². The molecule has 5 rings (SSSR count). The number of anilines is 2. The second-order valence-corrected chi connectivity index (χ2v) is 12.0. The lowest BCUT2D eigenvalue weighted by Crippen LogP contribution is -2.50. The van der Waals surface area contributed by atoms with Crippen molar-refractivity contribution >= 4 is 50.4 Å². The van der Waals surface area contributed by atoms with Crippen LogP contribution in [0.3, 0.4) is 0 Å². The number of benzene rings is 1. The quantitative estimate of drug-likeness (QED) is 0.457. The molecule has 0 radical (unpaired) electrons. The van der Waals surface area contributed by atoms with E-state index in [-0.39, 0.29) is 0 Å². The number of hydrogen-bond acceptors (Lipinski definition) is 5. The third kappa shape index (κ3) is 4.65. The summed E-state index contributed by atoms with van der Waals surface area (Å²) in [4.78, 5) is 17.5. The fourth-order valence-electron chi connectivity index (χ4n) is 5.17. The van der Waals surface area contributed by atoms with Crippen molar-refractivity contribution in [1.29, 1.82) is 0 Å². The third-order valence-electron chi connectivity index (χ3n) is 7.37. The predicted molar refractivity (Wildman–Crippen MR) is 148 cm³/mol. The molecule has 3 aromatic rings. The largest absolute Gasteiger partial charge is 0.352 e. The van der Waals surface area contributed by atoms with Crippen LogP contribution >= 0.6 is 23.6 Å². The lowest BCUT2D eigenvalue weighted by Gasteiger charge is -2.37. The number of nitrogens with zero attached hydrogens (tertiary/aromatic N) is 4. The van der Waals surface area contributed by atoms with E-state index in [1.807, 2.05) is 29.5 Å². The van der Waals surface area contributed by atoms with Gasteiger partial charge in [-0.1, -0.05) is 45.9 Å². The molecule has 34 heavy (non-hydrogen) atoms. The summed E-state index contributed by atoms with van der Waals surface area (Å²) >= 11 is 7.62. The molecule has 1 aromatic carbocycles. The molecule has 3 heterocycles. The number of aromatic nitrogens is 2. The van der Waals surface area contributed by atoms with Gasteiger partial charge in [0.1, 0.15) is 16.5 Å². The average Bonchev–Trinajstić information content (AvgIpc) is 3.21. The van der Waals surface area contributed by atoms with E-state index in [1.165, 1.54) is 33.5 Å². The first kappa shape index (κ1) is 23.5. The van der Waals surface area contributed by atoms with Crippen LogP contribution in [0.1, 0.15) is 50.4 Å². The van der Waals surface area contributed by atoms with Crippen molar-refractivity contribution in [2.75, 3.05) is 36.4 Å². The molecule has 0 unspecified atom stereocenters. The lowest BCUT2D eigenvalue weighted by molar-refractivity contribution is 0.218. The van der Waals surface area contributed by atoms with Gasteiger partial charge in [0.25, 0.3) is 0 Å². The molecule has 0 amide bonds. The van der Waals surface area contributed by atoms with E-state index < -0.39 is 0 Å². The number of thiophene rings is 1. The first-order valence-corrected chi connectivity index (χ1v) is 13.7. The summed E-state index contributed by atoms with van der Waals surface area (Å²) in [5.74, 6) is 2.84. The number of thiocarbonyl (C=S) groups is 1. The van der Waals surface area contributed by atoms with Gasteiger partial charge in [0.15, 0.2) is 5.11 Å². The summed E-state index contributed by atoms with van der Waals surface area (Å²) < 4.78 is 0. The molecule has 2 aromatic heterocycles. The van der Waals surface area contributed by atoms with Crippen LogP contribution in [0.5, 0.6) is 0 Å². The Morgan fingerprint density at radius 2 is 1.85 bits per heavy atom. The molecule has 1 aliphatic heterocycles. The minimum absolute atomic E-state index is 0.347. The Labute approximate surface area is 212 Å². The number of para-hydroxylation sites is 1. The van der Waals surface area contributed by atoms with Gasteiger partial charge in [0, 0.05) is 43.2 Å². The summed E-state index contributed by atoms with van der Waals surface area (Å²) in [6.07, 6.45) is 4.43. The number of fused-ring (bicyclic) bond motifs is 3. The second-order valence-electron chi connectivity index (χ2n) is 10.6. The van der Waals surface area contributed by atoms with Crippen molar-refractivity contribution in [3.63, 3.8) is 0 Å². The number of aryl methyl sites for hydroxylation is 2. The Kier molecular flexibility index (Phi) is 6.51. The summed E-state index contributed by atoms with van der Waals surface area (Å²) in [7, 11) is 0. The first-order chi connectivity index (χ1) is 16.3. The maximum absolute atomic E-state index is 5.71. The van der Waals surface area contributed by atoms with E-state index >= 15 is 0 Å². The van der Waals surface area contributed by atoms with Crippen LogP contribution in [0.25, 0.3) is 10.2 Å². The van der Waals surface area contributed by atoms with E-state index in [1.54, 1.807) is 0 Å². The maximum atomic E-state index is 5.71. The highest BCUT2D eigenvalue weighted by atomic mass is 32.1. The Balaban J connectivity index is 1.38. The monoisotopic (exact) mass is 493 g/mol. The van der Waals surface area contributed by atoms with Crippen molar-refractivity contribution in [3.8, 4) is 0 Å². The number of rotatable bonds is 3. The molecule has 5 nitrogen and oxygen atoms in total. The Hall–Kier alpha value is -2.25. The van der Waals surface area contributed by atoms with Gasteiger partial charge in [-0.2, -0.15) is 0 Å².